The molecule has 0 aliphatic rings. The average Bonchev–Trinajstić information content (AvgIpc) is 2.54. The first-order valence-corrected chi connectivity index (χ1v) is 8.67. The molecule has 6 heteroatoms. The Morgan fingerprint density at radius 1 is 1.00 bits per heavy atom. The molecule has 1 atom stereocenters. The van der Waals surface area contributed by atoms with E-state index in [2.05, 4.69) is 4.72 Å². The number of aryl methyl sites for hydroxylation is 1. The van der Waals surface area contributed by atoms with Gasteiger partial charge in [0, 0.05) is 11.6 Å². The van der Waals surface area contributed by atoms with Crippen LogP contribution in [0.5, 0.6) is 11.5 Å². The molecule has 0 heterocycles. The molecule has 1 N–H and O–H groups in total. The molecule has 0 aliphatic heterocycles. The Hall–Kier alpha value is -2.05. The Morgan fingerprint density at radius 2 is 1.65 bits per heavy atom. The van der Waals surface area contributed by atoms with Gasteiger partial charge in [0.2, 0.25) is 10.0 Å². The van der Waals surface area contributed by atoms with Gasteiger partial charge in [0.1, 0.15) is 16.4 Å². The molecule has 2 rings (SSSR count). The number of methoxy groups -OCH3 is 2. The minimum absolute atomic E-state index is 0.127. The van der Waals surface area contributed by atoms with Crippen LogP contribution in [0.15, 0.2) is 47.4 Å². The minimum atomic E-state index is -3.73. The molecule has 5 nitrogen and oxygen atoms in total. The lowest BCUT2D eigenvalue weighted by Gasteiger charge is -2.18. The average molecular weight is 335 g/mol. The van der Waals surface area contributed by atoms with Crippen LogP contribution in [0.3, 0.4) is 0 Å². The molecule has 0 radical (unpaired) electrons. The molecular weight excluding hydrogens is 314 g/mol. The molecule has 2 aromatic rings. The molecule has 2 aromatic carbocycles. The molecule has 23 heavy (non-hydrogen) atoms. The maximum absolute atomic E-state index is 12.7. The summed E-state index contributed by atoms with van der Waals surface area (Å²) in [4.78, 5) is 0.127. The van der Waals surface area contributed by atoms with E-state index in [0.29, 0.717) is 11.5 Å². The molecular formula is C17H21NO4S. The van der Waals surface area contributed by atoms with Crippen molar-refractivity contribution in [1.82, 2.24) is 4.72 Å². The summed E-state index contributed by atoms with van der Waals surface area (Å²) in [6.45, 7) is 3.61. The van der Waals surface area contributed by atoms with Crippen molar-refractivity contribution in [3.8, 4) is 11.5 Å². The molecule has 0 bridgehead atoms. The smallest absolute Gasteiger partial charge is 0.244 e. The highest BCUT2D eigenvalue weighted by atomic mass is 32.2. The Balaban J connectivity index is 2.36. The summed E-state index contributed by atoms with van der Waals surface area (Å²) >= 11 is 0. The standard InChI is InChI=1S/C17H21NO4S/c1-12-9-10-16(22-4)17(11-12)23(19,20)18-13(2)14-7-5-6-8-15(14)21-3/h5-11,13,18H,1-4H3. The largest absolute Gasteiger partial charge is 0.496 e. The molecule has 0 aromatic heterocycles. The molecule has 0 aliphatic carbocycles. The normalized spacial score (nSPS) is 12.7. The number of benzene rings is 2. The van der Waals surface area contributed by atoms with Gasteiger partial charge in [-0.25, -0.2) is 13.1 Å². The number of rotatable bonds is 6. The van der Waals surface area contributed by atoms with Gasteiger partial charge in [-0.3, -0.25) is 0 Å². The van der Waals surface area contributed by atoms with Crippen molar-refractivity contribution < 1.29 is 17.9 Å². The maximum Gasteiger partial charge on any atom is 0.244 e. The number of para-hydroxylation sites is 1. The number of hydrogen-bond acceptors (Lipinski definition) is 4. The molecule has 0 spiro atoms. The second-order valence-electron chi connectivity index (χ2n) is 5.24. The Labute approximate surface area is 137 Å². The van der Waals surface area contributed by atoms with Crippen molar-refractivity contribution in [2.24, 2.45) is 0 Å². The van der Waals surface area contributed by atoms with Crippen LogP contribution in [0, 0.1) is 6.92 Å². The van der Waals surface area contributed by atoms with Crippen molar-refractivity contribution in [3.05, 3.63) is 53.6 Å². The maximum atomic E-state index is 12.7. The van der Waals surface area contributed by atoms with E-state index in [0.717, 1.165) is 11.1 Å². The van der Waals surface area contributed by atoms with Gasteiger partial charge in [0.15, 0.2) is 0 Å². The fourth-order valence-corrected chi connectivity index (χ4v) is 3.85. The second-order valence-corrected chi connectivity index (χ2v) is 6.92. The SMILES string of the molecule is COc1ccccc1C(C)NS(=O)(=O)c1cc(C)ccc1OC. The zero-order chi connectivity index (χ0) is 17.0. The van der Waals surface area contributed by atoms with Gasteiger partial charge >= 0.3 is 0 Å². The summed E-state index contributed by atoms with van der Waals surface area (Å²) in [6, 6.07) is 11.9. The predicted molar refractivity (Wildman–Crippen MR) is 89.5 cm³/mol. The first-order chi connectivity index (χ1) is 10.9. The third-order valence-electron chi connectivity index (χ3n) is 3.55. The fourth-order valence-electron chi connectivity index (χ4n) is 2.38. The van der Waals surface area contributed by atoms with Crippen molar-refractivity contribution in [2.45, 2.75) is 24.8 Å². The van der Waals surface area contributed by atoms with Gasteiger partial charge in [0.25, 0.3) is 0 Å². The van der Waals surface area contributed by atoms with Crippen LogP contribution < -0.4 is 14.2 Å². The van der Waals surface area contributed by atoms with Crippen molar-refractivity contribution in [1.29, 1.82) is 0 Å². The molecule has 0 saturated heterocycles. The monoisotopic (exact) mass is 335 g/mol. The Morgan fingerprint density at radius 3 is 2.30 bits per heavy atom. The summed E-state index contributed by atoms with van der Waals surface area (Å²) < 4.78 is 38.6. The number of ether oxygens (including phenoxy) is 2. The van der Waals surface area contributed by atoms with E-state index in [-0.39, 0.29) is 4.90 Å². The highest BCUT2D eigenvalue weighted by Crippen LogP contribution is 2.29. The van der Waals surface area contributed by atoms with Gasteiger partial charge in [-0.1, -0.05) is 24.3 Å². The zero-order valence-corrected chi connectivity index (χ0v) is 14.5. The summed E-state index contributed by atoms with van der Waals surface area (Å²) in [5.41, 5.74) is 1.61. The lowest BCUT2D eigenvalue weighted by Crippen LogP contribution is -2.27. The quantitative estimate of drug-likeness (QED) is 0.881. The lowest BCUT2D eigenvalue weighted by atomic mass is 10.1. The lowest BCUT2D eigenvalue weighted by molar-refractivity contribution is 0.400. The van der Waals surface area contributed by atoms with Crippen LogP contribution in [-0.2, 0) is 10.0 Å². The van der Waals surface area contributed by atoms with Crippen LogP contribution in [0.1, 0.15) is 24.1 Å². The minimum Gasteiger partial charge on any atom is -0.496 e. The van der Waals surface area contributed by atoms with Crippen LogP contribution >= 0.6 is 0 Å². The van der Waals surface area contributed by atoms with E-state index in [1.165, 1.54) is 7.11 Å². The Bertz CT molecular complexity index is 787. The Kier molecular flexibility index (Phi) is 5.28. The number of hydrogen-bond donors (Lipinski definition) is 1. The van der Waals surface area contributed by atoms with Crippen LogP contribution in [0.25, 0.3) is 0 Å². The summed E-state index contributed by atoms with van der Waals surface area (Å²) in [5.74, 6) is 0.953. The highest BCUT2D eigenvalue weighted by Gasteiger charge is 2.23. The van der Waals surface area contributed by atoms with E-state index in [9.17, 15) is 8.42 Å². The molecule has 124 valence electrons. The molecule has 1 unspecified atom stereocenters. The van der Waals surface area contributed by atoms with E-state index in [4.69, 9.17) is 9.47 Å². The fraction of sp³-hybridized carbons (Fsp3) is 0.294. The topological polar surface area (TPSA) is 64.6 Å². The van der Waals surface area contributed by atoms with Gasteiger partial charge in [-0.05, 0) is 37.6 Å². The molecule has 0 amide bonds. The number of sulfonamides is 1. The van der Waals surface area contributed by atoms with Crippen LogP contribution in [-0.4, -0.2) is 22.6 Å². The summed E-state index contributed by atoms with van der Waals surface area (Å²) in [7, 11) is -0.718. The van der Waals surface area contributed by atoms with Gasteiger partial charge < -0.3 is 9.47 Å². The highest BCUT2D eigenvalue weighted by molar-refractivity contribution is 7.89. The van der Waals surface area contributed by atoms with Crippen LogP contribution in [0.4, 0.5) is 0 Å². The van der Waals surface area contributed by atoms with Crippen molar-refractivity contribution in [2.75, 3.05) is 14.2 Å². The summed E-state index contributed by atoms with van der Waals surface area (Å²) in [5, 5.41) is 0. The third-order valence-corrected chi connectivity index (χ3v) is 5.11. The zero-order valence-electron chi connectivity index (χ0n) is 13.7. The van der Waals surface area contributed by atoms with Crippen molar-refractivity contribution >= 4 is 10.0 Å². The van der Waals surface area contributed by atoms with E-state index in [1.54, 1.807) is 32.2 Å². The first-order valence-electron chi connectivity index (χ1n) is 7.19. The van der Waals surface area contributed by atoms with Gasteiger partial charge in [0.05, 0.1) is 14.2 Å². The van der Waals surface area contributed by atoms with E-state index in [1.807, 2.05) is 31.2 Å². The molecule has 0 saturated carbocycles. The van der Waals surface area contributed by atoms with Crippen LogP contribution in [0.2, 0.25) is 0 Å². The van der Waals surface area contributed by atoms with E-state index >= 15 is 0 Å². The number of nitrogens with one attached hydrogen (secondary N) is 1. The van der Waals surface area contributed by atoms with Gasteiger partial charge in [-0.15, -0.1) is 0 Å². The van der Waals surface area contributed by atoms with E-state index < -0.39 is 16.1 Å². The molecule has 0 fully saturated rings. The third kappa shape index (κ3) is 3.83. The predicted octanol–water partition coefficient (Wildman–Crippen LogP) is 3.05. The summed E-state index contributed by atoms with van der Waals surface area (Å²) in [6.07, 6.45) is 0. The van der Waals surface area contributed by atoms with Gasteiger partial charge in [-0.2, -0.15) is 0 Å². The first kappa shape index (κ1) is 17.3. The second kappa shape index (κ2) is 7.02. The van der Waals surface area contributed by atoms with Crippen molar-refractivity contribution in [3.63, 3.8) is 0 Å².